The van der Waals surface area contributed by atoms with Gasteiger partial charge in [-0.3, -0.25) is 0 Å². The molecule has 1 aromatic carbocycles. The van der Waals surface area contributed by atoms with E-state index < -0.39 is 0 Å². The van der Waals surface area contributed by atoms with Gasteiger partial charge < -0.3 is 15.2 Å². The molecule has 3 heteroatoms. The number of unbranched alkanes of at least 4 members (excludes halogenated alkanes) is 22. The second-order valence-corrected chi connectivity index (χ2v) is 14.7. The highest BCUT2D eigenvalue weighted by molar-refractivity contribution is 5.20. The van der Waals surface area contributed by atoms with Crippen LogP contribution in [0.15, 0.2) is 30.3 Å². The fraction of sp³-hybridized carbons (Fsp3) is 0.864. The molecule has 0 bridgehead atoms. The van der Waals surface area contributed by atoms with E-state index in [1.165, 1.54) is 193 Å². The van der Waals surface area contributed by atoms with Gasteiger partial charge in [-0.15, -0.1) is 0 Å². The smallest absolute Gasteiger partial charge is 0.119 e. The van der Waals surface area contributed by atoms with Crippen LogP contribution in [0, 0.1) is 11.8 Å². The summed E-state index contributed by atoms with van der Waals surface area (Å²) in [4.78, 5) is 0. The van der Waals surface area contributed by atoms with Gasteiger partial charge in [-0.2, -0.15) is 0 Å². The van der Waals surface area contributed by atoms with Crippen LogP contribution < -0.4 is 10.5 Å². The molecule has 1 aromatic rings. The lowest BCUT2D eigenvalue weighted by Crippen LogP contribution is -2.16. The molecule has 1 rings (SSSR count). The fourth-order valence-corrected chi connectivity index (χ4v) is 7.37. The number of hydrogen-bond acceptors (Lipinski definition) is 3. The zero-order valence-electron chi connectivity index (χ0n) is 32.0. The molecule has 0 radical (unpaired) electrons. The minimum atomic E-state index is 0.638. The van der Waals surface area contributed by atoms with Crippen LogP contribution in [-0.4, -0.2) is 26.4 Å². The Kier molecular flexibility index (Phi) is 33.9. The van der Waals surface area contributed by atoms with Gasteiger partial charge in [-0.05, 0) is 43.4 Å². The van der Waals surface area contributed by atoms with Crippen molar-refractivity contribution in [2.45, 2.75) is 206 Å². The summed E-state index contributed by atoms with van der Waals surface area (Å²) in [5.41, 5.74) is 5.69. The summed E-state index contributed by atoms with van der Waals surface area (Å²) in [6.07, 6.45) is 42.5. The van der Waals surface area contributed by atoms with E-state index in [9.17, 15) is 0 Å². The number of ether oxygens (including phenoxy) is 2. The molecule has 3 nitrogen and oxygen atoms in total. The van der Waals surface area contributed by atoms with Crippen molar-refractivity contribution >= 4 is 0 Å². The highest BCUT2D eigenvalue weighted by Crippen LogP contribution is 2.34. The first-order chi connectivity index (χ1) is 23.3. The van der Waals surface area contributed by atoms with E-state index in [-0.39, 0.29) is 0 Å². The topological polar surface area (TPSA) is 44.5 Å². The molecule has 276 valence electrons. The fourth-order valence-electron chi connectivity index (χ4n) is 7.37. The van der Waals surface area contributed by atoms with Crippen molar-refractivity contribution in [1.29, 1.82) is 0 Å². The van der Waals surface area contributed by atoms with Gasteiger partial charge in [0.25, 0.3) is 0 Å². The molecule has 0 aliphatic rings. The molecule has 2 atom stereocenters. The largest absolute Gasteiger partial charge is 0.491 e. The van der Waals surface area contributed by atoms with Gasteiger partial charge in [-0.25, -0.2) is 0 Å². The van der Waals surface area contributed by atoms with Gasteiger partial charge in [0.2, 0.25) is 0 Å². The number of nitrogens with two attached hydrogens (primary N) is 1. The standard InChI is InChI=1S/C44H83NO2/c1-3-5-7-9-17-24-32-42(34-26-19-13-11-15-21-30-38-45)43(33-25-18-10-8-6-4-2)35-27-20-14-12-16-22-31-39-46-40-41-47-44-36-28-23-29-37-44/h23,28-29,36-37,42-43H,3-22,24-27,30-35,38-41,45H2,1-2H3. The van der Waals surface area contributed by atoms with E-state index in [2.05, 4.69) is 13.8 Å². The van der Waals surface area contributed by atoms with Gasteiger partial charge in [-0.1, -0.05) is 212 Å². The van der Waals surface area contributed by atoms with Crippen LogP contribution in [0.5, 0.6) is 5.75 Å². The Morgan fingerprint density at radius 1 is 0.426 bits per heavy atom. The third-order valence-corrected chi connectivity index (χ3v) is 10.4. The second-order valence-electron chi connectivity index (χ2n) is 14.7. The Hall–Kier alpha value is -1.06. The Morgan fingerprint density at radius 2 is 0.809 bits per heavy atom. The maximum absolute atomic E-state index is 5.79. The molecule has 2 unspecified atom stereocenters. The minimum Gasteiger partial charge on any atom is -0.491 e. The molecule has 0 saturated heterocycles. The molecule has 0 amide bonds. The molecule has 47 heavy (non-hydrogen) atoms. The highest BCUT2D eigenvalue weighted by atomic mass is 16.5. The van der Waals surface area contributed by atoms with E-state index in [1.807, 2.05) is 30.3 Å². The van der Waals surface area contributed by atoms with E-state index in [0.29, 0.717) is 13.2 Å². The quantitative estimate of drug-likeness (QED) is 0.0720. The molecular formula is C44H83NO2. The van der Waals surface area contributed by atoms with Gasteiger partial charge in [0, 0.05) is 6.61 Å². The predicted molar refractivity (Wildman–Crippen MR) is 209 cm³/mol. The van der Waals surface area contributed by atoms with Crippen LogP contribution in [0.2, 0.25) is 0 Å². The van der Waals surface area contributed by atoms with Crippen molar-refractivity contribution in [3.05, 3.63) is 30.3 Å². The maximum Gasteiger partial charge on any atom is 0.119 e. The highest BCUT2D eigenvalue weighted by Gasteiger charge is 2.20. The van der Waals surface area contributed by atoms with E-state index >= 15 is 0 Å². The summed E-state index contributed by atoms with van der Waals surface area (Å²) in [5.74, 6) is 2.88. The Balaban J connectivity index is 2.36. The first kappa shape index (κ1) is 44.0. The molecule has 0 aromatic heterocycles. The first-order valence-corrected chi connectivity index (χ1v) is 21.3. The summed E-state index contributed by atoms with van der Waals surface area (Å²) in [6.45, 7) is 7.73. The third kappa shape index (κ3) is 29.6. The zero-order valence-corrected chi connectivity index (χ0v) is 32.0. The number of benzene rings is 1. The van der Waals surface area contributed by atoms with Crippen LogP contribution >= 0.6 is 0 Å². The molecule has 2 N–H and O–H groups in total. The van der Waals surface area contributed by atoms with Crippen LogP contribution in [0.25, 0.3) is 0 Å². The van der Waals surface area contributed by atoms with E-state index in [4.69, 9.17) is 15.2 Å². The van der Waals surface area contributed by atoms with Crippen molar-refractivity contribution in [3.8, 4) is 5.75 Å². The van der Waals surface area contributed by atoms with E-state index in [1.54, 1.807) is 0 Å². The lowest BCUT2D eigenvalue weighted by atomic mass is 9.78. The minimum absolute atomic E-state index is 0.638. The predicted octanol–water partition coefficient (Wildman–Crippen LogP) is 14.0. The van der Waals surface area contributed by atoms with Gasteiger partial charge in [0.1, 0.15) is 12.4 Å². The molecule has 0 aliphatic heterocycles. The second kappa shape index (κ2) is 36.2. The third-order valence-electron chi connectivity index (χ3n) is 10.4. The molecular weight excluding hydrogens is 574 g/mol. The van der Waals surface area contributed by atoms with Gasteiger partial charge in [0.05, 0.1) is 6.61 Å². The van der Waals surface area contributed by atoms with Crippen molar-refractivity contribution in [2.24, 2.45) is 17.6 Å². The summed E-state index contributed by atoms with van der Waals surface area (Å²) < 4.78 is 11.5. The normalized spacial score (nSPS) is 12.8. The van der Waals surface area contributed by atoms with Crippen molar-refractivity contribution in [1.82, 2.24) is 0 Å². The number of rotatable bonds is 38. The zero-order chi connectivity index (χ0) is 33.7. The number of para-hydroxylation sites is 1. The van der Waals surface area contributed by atoms with Crippen molar-refractivity contribution in [2.75, 3.05) is 26.4 Å². The van der Waals surface area contributed by atoms with Gasteiger partial charge >= 0.3 is 0 Å². The molecule has 0 saturated carbocycles. The molecule has 0 spiro atoms. The van der Waals surface area contributed by atoms with Crippen LogP contribution in [0.1, 0.15) is 206 Å². The Morgan fingerprint density at radius 3 is 1.23 bits per heavy atom. The summed E-state index contributed by atoms with van der Waals surface area (Å²) >= 11 is 0. The summed E-state index contributed by atoms with van der Waals surface area (Å²) in [6, 6.07) is 10.0. The van der Waals surface area contributed by atoms with Crippen LogP contribution in [0.3, 0.4) is 0 Å². The van der Waals surface area contributed by atoms with Crippen LogP contribution in [0.4, 0.5) is 0 Å². The maximum atomic E-state index is 5.79. The number of hydrogen-bond donors (Lipinski definition) is 1. The lowest BCUT2D eigenvalue weighted by Gasteiger charge is -2.28. The Bertz CT molecular complexity index is 710. The van der Waals surface area contributed by atoms with Crippen molar-refractivity contribution < 1.29 is 9.47 Å². The van der Waals surface area contributed by atoms with Crippen molar-refractivity contribution in [3.63, 3.8) is 0 Å². The SMILES string of the molecule is CCCCCCCCC(CCCCCCCCCN)C(CCCCCCCC)CCCCCCCCCOCCOc1ccccc1. The molecule has 0 heterocycles. The van der Waals surface area contributed by atoms with Crippen LogP contribution in [-0.2, 0) is 4.74 Å². The molecule has 0 aliphatic carbocycles. The first-order valence-electron chi connectivity index (χ1n) is 21.3. The average Bonchev–Trinajstić information content (AvgIpc) is 3.09. The molecule has 0 fully saturated rings. The monoisotopic (exact) mass is 658 g/mol. The lowest BCUT2D eigenvalue weighted by molar-refractivity contribution is 0.0970. The van der Waals surface area contributed by atoms with E-state index in [0.717, 1.165) is 30.7 Å². The Labute approximate surface area is 295 Å². The van der Waals surface area contributed by atoms with Gasteiger partial charge in [0.15, 0.2) is 0 Å². The summed E-state index contributed by atoms with van der Waals surface area (Å²) in [7, 11) is 0. The summed E-state index contributed by atoms with van der Waals surface area (Å²) in [5, 5.41) is 0. The average molecular weight is 658 g/mol.